The molecule has 104 valence electrons. The van der Waals surface area contributed by atoms with Gasteiger partial charge in [-0.3, -0.25) is 4.79 Å². The molecule has 0 saturated heterocycles. The predicted molar refractivity (Wildman–Crippen MR) is 82.7 cm³/mol. The van der Waals surface area contributed by atoms with Crippen molar-refractivity contribution in [3.63, 3.8) is 0 Å². The average Bonchev–Trinajstić information content (AvgIpc) is 2.54. The maximum Gasteiger partial charge on any atom is 0.256 e. The van der Waals surface area contributed by atoms with Gasteiger partial charge in [-0.2, -0.15) is 0 Å². The highest BCUT2D eigenvalue weighted by Crippen LogP contribution is 2.17. The van der Waals surface area contributed by atoms with Gasteiger partial charge in [-0.05, 0) is 36.4 Å². The fourth-order valence-electron chi connectivity index (χ4n) is 2.09. The first-order valence-electron chi connectivity index (χ1n) is 6.57. The van der Waals surface area contributed by atoms with E-state index in [1.54, 1.807) is 37.4 Å². The van der Waals surface area contributed by atoms with Crippen LogP contribution in [0.1, 0.15) is 10.4 Å². The normalized spacial score (nSPS) is 10.3. The summed E-state index contributed by atoms with van der Waals surface area (Å²) < 4.78 is 5.12. The van der Waals surface area contributed by atoms with Crippen molar-refractivity contribution in [2.24, 2.45) is 0 Å². The molecule has 0 aliphatic rings. The summed E-state index contributed by atoms with van der Waals surface area (Å²) in [5, 5.41) is 3.83. The molecule has 0 aliphatic carbocycles. The number of hydrogen-bond acceptors (Lipinski definition) is 3. The number of benzene rings is 2. The summed E-state index contributed by atoms with van der Waals surface area (Å²) in [4.78, 5) is 16.6. The topological polar surface area (TPSA) is 51.2 Å². The van der Waals surface area contributed by atoms with Crippen molar-refractivity contribution in [3.05, 3.63) is 66.2 Å². The SMILES string of the molecule is COc1cccc(C(=O)Nc2ccc3ccccc3n2)c1. The Morgan fingerprint density at radius 3 is 2.76 bits per heavy atom. The average molecular weight is 278 g/mol. The van der Waals surface area contributed by atoms with Crippen LogP contribution >= 0.6 is 0 Å². The van der Waals surface area contributed by atoms with E-state index in [4.69, 9.17) is 4.74 Å². The van der Waals surface area contributed by atoms with Crippen LogP contribution in [0.4, 0.5) is 5.82 Å². The van der Waals surface area contributed by atoms with Gasteiger partial charge in [0.05, 0.1) is 12.6 Å². The van der Waals surface area contributed by atoms with E-state index >= 15 is 0 Å². The lowest BCUT2D eigenvalue weighted by Crippen LogP contribution is -2.12. The fraction of sp³-hybridized carbons (Fsp3) is 0.0588. The number of methoxy groups -OCH3 is 1. The number of carbonyl (C=O) groups excluding carboxylic acids is 1. The number of anilines is 1. The third-order valence-corrected chi connectivity index (χ3v) is 3.17. The lowest BCUT2D eigenvalue weighted by molar-refractivity contribution is 0.102. The Bertz CT molecular complexity index is 799. The summed E-state index contributed by atoms with van der Waals surface area (Å²) in [6.45, 7) is 0. The van der Waals surface area contributed by atoms with Crippen molar-refractivity contribution in [2.75, 3.05) is 12.4 Å². The van der Waals surface area contributed by atoms with Gasteiger partial charge in [0.1, 0.15) is 11.6 Å². The number of aromatic nitrogens is 1. The van der Waals surface area contributed by atoms with Crippen molar-refractivity contribution >= 4 is 22.6 Å². The standard InChI is InChI=1S/C17H14N2O2/c1-21-14-7-4-6-13(11-14)17(20)19-16-10-9-12-5-2-3-8-15(12)18-16/h2-11H,1H3,(H,18,19,20). The summed E-state index contributed by atoms with van der Waals surface area (Å²) in [5.41, 5.74) is 1.38. The molecule has 1 N–H and O–H groups in total. The second-order valence-corrected chi connectivity index (χ2v) is 4.58. The maximum absolute atomic E-state index is 12.2. The van der Waals surface area contributed by atoms with E-state index in [1.807, 2.05) is 30.3 Å². The molecule has 3 rings (SSSR count). The third-order valence-electron chi connectivity index (χ3n) is 3.17. The van der Waals surface area contributed by atoms with Crippen LogP contribution in [-0.2, 0) is 0 Å². The van der Waals surface area contributed by atoms with Gasteiger partial charge >= 0.3 is 0 Å². The Balaban J connectivity index is 1.85. The molecule has 3 aromatic rings. The van der Waals surface area contributed by atoms with Gasteiger partial charge in [-0.15, -0.1) is 0 Å². The van der Waals surface area contributed by atoms with Crippen molar-refractivity contribution in [2.45, 2.75) is 0 Å². The Kier molecular flexibility index (Phi) is 3.51. The number of rotatable bonds is 3. The number of hydrogen-bond donors (Lipinski definition) is 1. The van der Waals surface area contributed by atoms with Crippen molar-refractivity contribution < 1.29 is 9.53 Å². The number of para-hydroxylation sites is 1. The predicted octanol–water partition coefficient (Wildman–Crippen LogP) is 3.50. The smallest absolute Gasteiger partial charge is 0.256 e. The number of ether oxygens (including phenoxy) is 1. The van der Waals surface area contributed by atoms with Gasteiger partial charge in [0, 0.05) is 10.9 Å². The molecule has 0 radical (unpaired) electrons. The molecule has 0 bridgehead atoms. The van der Waals surface area contributed by atoms with Crippen molar-refractivity contribution in [1.29, 1.82) is 0 Å². The third kappa shape index (κ3) is 2.84. The summed E-state index contributed by atoms with van der Waals surface area (Å²) in [6.07, 6.45) is 0. The van der Waals surface area contributed by atoms with E-state index in [0.29, 0.717) is 17.1 Å². The van der Waals surface area contributed by atoms with E-state index in [2.05, 4.69) is 10.3 Å². The van der Waals surface area contributed by atoms with Crippen LogP contribution in [0.3, 0.4) is 0 Å². The summed E-state index contributed by atoms with van der Waals surface area (Å²) in [7, 11) is 1.57. The molecule has 21 heavy (non-hydrogen) atoms. The fourth-order valence-corrected chi connectivity index (χ4v) is 2.09. The molecular weight excluding hydrogens is 264 g/mol. The van der Waals surface area contributed by atoms with Gasteiger partial charge < -0.3 is 10.1 Å². The maximum atomic E-state index is 12.2. The molecule has 2 aromatic carbocycles. The van der Waals surface area contributed by atoms with Crippen molar-refractivity contribution in [3.8, 4) is 5.75 Å². The highest BCUT2D eigenvalue weighted by molar-refractivity contribution is 6.04. The molecule has 0 saturated carbocycles. The molecule has 1 aromatic heterocycles. The first-order valence-corrected chi connectivity index (χ1v) is 6.57. The van der Waals surface area contributed by atoms with Gasteiger partial charge in [-0.25, -0.2) is 4.98 Å². The van der Waals surface area contributed by atoms with Crippen LogP contribution in [0.5, 0.6) is 5.75 Å². The number of amides is 1. The molecule has 1 amide bonds. The quantitative estimate of drug-likeness (QED) is 0.797. The minimum absolute atomic E-state index is 0.211. The van der Waals surface area contributed by atoms with Crippen LogP contribution in [0.2, 0.25) is 0 Å². The highest BCUT2D eigenvalue weighted by atomic mass is 16.5. The zero-order chi connectivity index (χ0) is 14.7. The first kappa shape index (κ1) is 13.1. The number of pyridine rings is 1. The van der Waals surface area contributed by atoms with Gasteiger partial charge in [0.25, 0.3) is 5.91 Å². The molecule has 4 nitrogen and oxygen atoms in total. The van der Waals surface area contributed by atoms with Crippen LogP contribution in [-0.4, -0.2) is 18.0 Å². The Hall–Kier alpha value is -2.88. The minimum atomic E-state index is -0.211. The number of nitrogens with one attached hydrogen (secondary N) is 1. The molecular formula is C17H14N2O2. The van der Waals surface area contributed by atoms with E-state index < -0.39 is 0 Å². The molecule has 0 spiro atoms. The largest absolute Gasteiger partial charge is 0.497 e. The molecule has 0 fully saturated rings. The monoisotopic (exact) mass is 278 g/mol. The Morgan fingerprint density at radius 2 is 1.90 bits per heavy atom. The number of fused-ring (bicyclic) bond motifs is 1. The molecule has 0 unspecified atom stereocenters. The number of carbonyl (C=O) groups is 1. The van der Waals surface area contributed by atoms with E-state index in [-0.39, 0.29) is 5.91 Å². The van der Waals surface area contributed by atoms with E-state index in [0.717, 1.165) is 10.9 Å². The van der Waals surface area contributed by atoms with Crippen LogP contribution < -0.4 is 10.1 Å². The van der Waals surface area contributed by atoms with Gasteiger partial charge in [0.2, 0.25) is 0 Å². The van der Waals surface area contributed by atoms with Crippen molar-refractivity contribution in [1.82, 2.24) is 4.98 Å². The Labute approximate surface area is 122 Å². The lowest BCUT2D eigenvalue weighted by Gasteiger charge is -2.07. The van der Waals surface area contributed by atoms with E-state index in [1.165, 1.54) is 0 Å². The summed E-state index contributed by atoms with van der Waals surface area (Å²) >= 11 is 0. The molecule has 0 atom stereocenters. The zero-order valence-corrected chi connectivity index (χ0v) is 11.5. The van der Waals surface area contributed by atoms with Gasteiger partial charge in [-0.1, -0.05) is 24.3 Å². The zero-order valence-electron chi connectivity index (χ0n) is 11.5. The minimum Gasteiger partial charge on any atom is -0.497 e. The summed E-state index contributed by atoms with van der Waals surface area (Å²) in [6, 6.07) is 18.5. The Morgan fingerprint density at radius 1 is 1.05 bits per heavy atom. The summed E-state index contributed by atoms with van der Waals surface area (Å²) in [5.74, 6) is 0.965. The van der Waals surface area contributed by atoms with Crippen LogP contribution in [0, 0.1) is 0 Å². The number of nitrogens with zero attached hydrogens (tertiary/aromatic N) is 1. The second-order valence-electron chi connectivity index (χ2n) is 4.58. The molecule has 4 heteroatoms. The van der Waals surface area contributed by atoms with Crippen LogP contribution in [0.25, 0.3) is 10.9 Å². The highest BCUT2D eigenvalue weighted by Gasteiger charge is 2.08. The first-order chi connectivity index (χ1) is 10.3. The van der Waals surface area contributed by atoms with E-state index in [9.17, 15) is 4.79 Å². The lowest BCUT2D eigenvalue weighted by atomic mass is 10.2. The second kappa shape index (κ2) is 5.63. The van der Waals surface area contributed by atoms with Crippen LogP contribution in [0.15, 0.2) is 60.7 Å². The van der Waals surface area contributed by atoms with Gasteiger partial charge in [0.15, 0.2) is 0 Å². The molecule has 0 aliphatic heterocycles. The molecule has 1 heterocycles.